The van der Waals surface area contributed by atoms with Crippen molar-refractivity contribution in [1.82, 2.24) is 5.32 Å². The smallest absolute Gasteiger partial charge is 0.365 e. The first-order valence-corrected chi connectivity index (χ1v) is 5.93. The second-order valence-electron chi connectivity index (χ2n) is 3.85. The molecule has 0 atom stereocenters. The Hall–Kier alpha value is -2.50. The number of amidine groups is 1. The van der Waals surface area contributed by atoms with Crippen molar-refractivity contribution in [3.05, 3.63) is 36.5 Å². The van der Waals surface area contributed by atoms with E-state index in [1.807, 2.05) is 25.1 Å². The van der Waals surface area contributed by atoms with E-state index in [1.165, 1.54) is 0 Å². The summed E-state index contributed by atoms with van der Waals surface area (Å²) >= 11 is 0. The van der Waals surface area contributed by atoms with Gasteiger partial charge in [-0.2, -0.15) is 0 Å². The maximum absolute atomic E-state index is 11.1. The fraction of sp³-hybridized carbons (Fsp3) is 0.231. The van der Waals surface area contributed by atoms with Crippen molar-refractivity contribution in [3.63, 3.8) is 0 Å². The first kappa shape index (κ1) is 12.9. The van der Waals surface area contributed by atoms with Crippen LogP contribution >= 0.6 is 0 Å². The number of benzene rings is 1. The van der Waals surface area contributed by atoms with Gasteiger partial charge in [0.1, 0.15) is 17.1 Å². The summed E-state index contributed by atoms with van der Waals surface area (Å²) in [6.07, 6.45) is 0.905. The van der Waals surface area contributed by atoms with Gasteiger partial charge in [-0.3, -0.25) is 5.32 Å². The molecule has 1 aliphatic rings. The molecule has 1 N–H and O–H groups in total. The van der Waals surface area contributed by atoms with Crippen LogP contribution in [0.15, 0.2) is 51.8 Å². The Kier molecular flexibility index (Phi) is 4.02. The highest BCUT2D eigenvalue weighted by molar-refractivity contribution is 6.09. The molecular formula is C13H14N4O2. The summed E-state index contributed by atoms with van der Waals surface area (Å²) in [7, 11) is 0. The summed E-state index contributed by atoms with van der Waals surface area (Å²) in [5.74, 6) is 0.939. The Labute approximate surface area is 110 Å². The number of para-hydroxylation sites is 2. The van der Waals surface area contributed by atoms with E-state index in [0.717, 1.165) is 6.42 Å². The van der Waals surface area contributed by atoms with Gasteiger partial charge in [0.15, 0.2) is 5.84 Å². The highest BCUT2D eigenvalue weighted by atomic mass is 16.5. The highest BCUT2D eigenvalue weighted by Gasteiger charge is 2.15. The fourth-order valence-corrected chi connectivity index (χ4v) is 1.45. The summed E-state index contributed by atoms with van der Waals surface area (Å²) in [5, 5.41) is 9.46. The zero-order chi connectivity index (χ0) is 13.7. The molecule has 1 heterocycles. The number of urea groups is 1. The summed E-state index contributed by atoms with van der Waals surface area (Å²) in [5.41, 5.74) is 0.925. The number of hydrogen-bond donors (Lipinski definition) is 1. The van der Waals surface area contributed by atoms with E-state index in [9.17, 15) is 4.79 Å². The number of azo groups is 1. The van der Waals surface area contributed by atoms with Crippen LogP contribution in [0.2, 0.25) is 0 Å². The first-order chi connectivity index (χ1) is 9.20. The highest BCUT2D eigenvalue weighted by Crippen LogP contribution is 2.27. The standard InChI is InChI=1S/C13H14N4O2/c1-3-8-19-11-7-5-4-6-10(11)14-12-9(2)16-17-13(18)15-12/h4-7H,2-3,8H2,1H3,(H,14,15,18). The third-order valence-corrected chi connectivity index (χ3v) is 2.32. The van der Waals surface area contributed by atoms with Crippen LogP contribution in [-0.4, -0.2) is 18.5 Å². The SMILES string of the molecule is C=C1N=NC(=O)NC1=Nc1ccccc1OCCC. The van der Waals surface area contributed by atoms with Crippen molar-refractivity contribution < 1.29 is 9.53 Å². The molecule has 6 heteroatoms. The van der Waals surface area contributed by atoms with E-state index in [4.69, 9.17) is 4.74 Å². The minimum atomic E-state index is -0.557. The Balaban J connectivity index is 2.29. The van der Waals surface area contributed by atoms with Gasteiger partial charge in [-0.05, 0) is 18.6 Å². The van der Waals surface area contributed by atoms with Crippen LogP contribution in [0.25, 0.3) is 0 Å². The molecule has 0 fully saturated rings. The molecule has 1 aliphatic heterocycles. The van der Waals surface area contributed by atoms with E-state index in [2.05, 4.69) is 27.1 Å². The van der Waals surface area contributed by atoms with Gasteiger partial charge in [-0.25, -0.2) is 9.79 Å². The lowest BCUT2D eigenvalue weighted by atomic mass is 10.3. The Morgan fingerprint density at radius 3 is 2.95 bits per heavy atom. The van der Waals surface area contributed by atoms with Crippen LogP contribution in [-0.2, 0) is 0 Å². The summed E-state index contributed by atoms with van der Waals surface area (Å²) in [6.45, 7) is 6.30. The zero-order valence-corrected chi connectivity index (χ0v) is 10.6. The molecule has 0 saturated heterocycles. The molecule has 0 unspecified atom stereocenters. The van der Waals surface area contributed by atoms with Crippen LogP contribution in [0.3, 0.4) is 0 Å². The first-order valence-electron chi connectivity index (χ1n) is 5.93. The molecule has 0 radical (unpaired) electrons. The zero-order valence-electron chi connectivity index (χ0n) is 10.6. The molecule has 6 nitrogen and oxygen atoms in total. The summed E-state index contributed by atoms with van der Waals surface area (Å²) < 4.78 is 5.59. The van der Waals surface area contributed by atoms with E-state index in [0.29, 0.717) is 23.7 Å². The van der Waals surface area contributed by atoms with Crippen molar-refractivity contribution in [3.8, 4) is 5.75 Å². The molecular weight excluding hydrogens is 244 g/mol. The second kappa shape index (κ2) is 5.90. The normalized spacial score (nSPS) is 16.6. The number of aliphatic imine (C=N–C) groups is 1. The van der Waals surface area contributed by atoms with Gasteiger partial charge in [0.05, 0.1) is 6.61 Å². The van der Waals surface area contributed by atoms with Crippen molar-refractivity contribution in [2.75, 3.05) is 6.61 Å². The molecule has 0 saturated carbocycles. The lowest BCUT2D eigenvalue weighted by Gasteiger charge is -2.11. The summed E-state index contributed by atoms with van der Waals surface area (Å²) in [6, 6.07) is 6.77. The molecule has 0 bridgehead atoms. The number of rotatable bonds is 4. The number of nitrogens with zero attached hydrogens (tertiary/aromatic N) is 3. The predicted molar refractivity (Wildman–Crippen MR) is 71.9 cm³/mol. The minimum absolute atomic E-state index is 0.285. The lowest BCUT2D eigenvalue weighted by molar-refractivity contribution is 0.251. The number of nitrogens with one attached hydrogen (secondary N) is 1. The van der Waals surface area contributed by atoms with Gasteiger partial charge in [-0.15, -0.1) is 5.11 Å². The van der Waals surface area contributed by atoms with Crippen LogP contribution in [0.5, 0.6) is 5.75 Å². The molecule has 19 heavy (non-hydrogen) atoms. The van der Waals surface area contributed by atoms with Gasteiger partial charge in [0, 0.05) is 0 Å². The van der Waals surface area contributed by atoms with Crippen molar-refractivity contribution in [2.24, 2.45) is 15.2 Å². The quantitative estimate of drug-likeness (QED) is 0.900. The number of amides is 2. The third kappa shape index (κ3) is 3.25. The van der Waals surface area contributed by atoms with Gasteiger partial charge in [0.25, 0.3) is 0 Å². The Morgan fingerprint density at radius 2 is 2.16 bits per heavy atom. The molecule has 2 rings (SSSR count). The maximum Gasteiger partial charge on any atom is 0.365 e. The summed E-state index contributed by atoms with van der Waals surface area (Å²) in [4.78, 5) is 15.5. The molecule has 0 aromatic heterocycles. The van der Waals surface area contributed by atoms with Crippen molar-refractivity contribution in [1.29, 1.82) is 0 Å². The van der Waals surface area contributed by atoms with Gasteiger partial charge in [0.2, 0.25) is 0 Å². The van der Waals surface area contributed by atoms with E-state index >= 15 is 0 Å². The monoisotopic (exact) mass is 258 g/mol. The van der Waals surface area contributed by atoms with Crippen LogP contribution < -0.4 is 10.1 Å². The largest absolute Gasteiger partial charge is 0.491 e. The molecule has 0 aliphatic carbocycles. The molecule has 1 aromatic rings. The van der Waals surface area contributed by atoms with Crippen LogP contribution in [0.1, 0.15) is 13.3 Å². The van der Waals surface area contributed by atoms with Gasteiger partial charge in [-0.1, -0.05) is 30.7 Å². The maximum atomic E-state index is 11.1. The fourth-order valence-electron chi connectivity index (χ4n) is 1.45. The van der Waals surface area contributed by atoms with Crippen molar-refractivity contribution in [2.45, 2.75) is 13.3 Å². The Bertz CT molecular complexity index is 564. The van der Waals surface area contributed by atoms with Crippen molar-refractivity contribution >= 4 is 17.6 Å². The average Bonchev–Trinajstić information content (AvgIpc) is 2.42. The number of carbonyl (C=O) groups is 1. The van der Waals surface area contributed by atoms with Crippen LogP contribution in [0, 0.1) is 0 Å². The van der Waals surface area contributed by atoms with E-state index < -0.39 is 6.03 Å². The second-order valence-corrected chi connectivity index (χ2v) is 3.85. The minimum Gasteiger partial charge on any atom is -0.491 e. The lowest BCUT2D eigenvalue weighted by Crippen LogP contribution is -2.31. The molecule has 2 amide bonds. The number of hydrogen-bond acceptors (Lipinski definition) is 4. The topological polar surface area (TPSA) is 75.4 Å². The van der Waals surface area contributed by atoms with E-state index in [1.54, 1.807) is 6.07 Å². The van der Waals surface area contributed by atoms with Crippen LogP contribution in [0.4, 0.5) is 10.5 Å². The van der Waals surface area contributed by atoms with Gasteiger partial charge < -0.3 is 4.74 Å². The molecule has 0 spiro atoms. The molecule has 1 aromatic carbocycles. The average molecular weight is 258 g/mol. The Morgan fingerprint density at radius 1 is 1.37 bits per heavy atom. The number of ether oxygens (including phenoxy) is 1. The third-order valence-electron chi connectivity index (χ3n) is 2.32. The molecule has 98 valence electrons. The predicted octanol–water partition coefficient (Wildman–Crippen LogP) is 3.19. The number of carbonyl (C=O) groups excluding carboxylic acids is 1. The van der Waals surface area contributed by atoms with Gasteiger partial charge >= 0.3 is 6.03 Å². The van der Waals surface area contributed by atoms with E-state index in [-0.39, 0.29) is 5.84 Å².